The topological polar surface area (TPSA) is 114 Å². The Balaban J connectivity index is 0. The van der Waals surface area contributed by atoms with Crippen molar-refractivity contribution in [2.24, 2.45) is 0 Å². The maximum Gasteiger partial charge on any atom is 0.466 e. The van der Waals surface area contributed by atoms with Crippen LogP contribution in [0, 0.1) is 0 Å². The molecule has 0 saturated heterocycles. The molecular formula is H7NO4P+. The summed E-state index contributed by atoms with van der Waals surface area (Å²) in [5.41, 5.74) is 0. The zero-order valence-electron chi connectivity index (χ0n) is 3.20. The summed E-state index contributed by atoms with van der Waals surface area (Å²) >= 11 is 0. The predicted octanol–water partition coefficient (Wildman–Crippen LogP) is -0.552. The first-order valence-corrected chi connectivity index (χ1v) is 2.35. The van der Waals surface area contributed by atoms with E-state index in [2.05, 4.69) is 0 Å². The molecule has 40 valence electrons. The zero-order valence-corrected chi connectivity index (χ0v) is 4.09. The van der Waals surface area contributed by atoms with Crippen LogP contribution in [0.25, 0.3) is 0 Å². The normalized spacial score (nSPS) is 9.83. The molecule has 0 radical (unpaired) electrons. The fourth-order valence-electron chi connectivity index (χ4n) is 0. The second-order valence-electron chi connectivity index (χ2n) is 0.513. The van der Waals surface area contributed by atoms with Crippen molar-refractivity contribution in [3.8, 4) is 0 Å². The molecule has 6 heteroatoms. The fraction of sp³-hybridized carbons (Fsp3) is 0. The standard InChI is InChI=1S/H3N.H3O4P/c;1-5(2,3)4/h1H3;(H3,1,2,3,4)/p+1. The Morgan fingerprint density at radius 2 is 1.17 bits per heavy atom. The lowest BCUT2D eigenvalue weighted by molar-refractivity contribution is 0.275. The van der Waals surface area contributed by atoms with Gasteiger partial charge in [0.2, 0.25) is 0 Å². The highest BCUT2D eigenvalue weighted by atomic mass is 31.2. The molecule has 0 aliphatic carbocycles. The van der Waals surface area contributed by atoms with Crippen LogP contribution < -0.4 is 6.15 Å². The number of hydrogen-bond acceptors (Lipinski definition) is 1. The van der Waals surface area contributed by atoms with Gasteiger partial charge in [-0.2, -0.15) is 0 Å². The van der Waals surface area contributed by atoms with Crippen LogP contribution >= 0.6 is 7.82 Å². The molecule has 0 aromatic rings. The van der Waals surface area contributed by atoms with Gasteiger partial charge in [0, 0.05) is 0 Å². The molecule has 0 aliphatic rings. The predicted molar refractivity (Wildman–Crippen MR) is 20.2 cm³/mol. The molecule has 0 aromatic carbocycles. The third-order valence-corrected chi connectivity index (χ3v) is 0. The first-order chi connectivity index (χ1) is 2.00. The quantitative estimate of drug-likeness (QED) is 0.318. The summed E-state index contributed by atoms with van der Waals surface area (Å²) in [6.45, 7) is 0. The van der Waals surface area contributed by atoms with E-state index in [9.17, 15) is 0 Å². The second kappa shape index (κ2) is 2.28. The van der Waals surface area contributed by atoms with Crippen LogP contribution in [0.3, 0.4) is 0 Å². The first kappa shape index (κ1) is 9.42. The molecule has 0 bridgehead atoms. The molecule has 0 saturated carbocycles. The monoisotopic (exact) mass is 116 g/mol. The fourth-order valence-corrected chi connectivity index (χ4v) is 0. The highest BCUT2D eigenvalue weighted by molar-refractivity contribution is 7.45. The highest BCUT2D eigenvalue weighted by Gasteiger charge is 2.00. The molecule has 6 heavy (non-hydrogen) atoms. The van der Waals surface area contributed by atoms with Crippen molar-refractivity contribution < 1.29 is 19.2 Å². The van der Waals surface area contributed by atoms with Gasteiger partial charge < -0.3 is 20.8 Å². The van der Waals surface area contributed by atoms with Crippen LogP contribution in [0.4, 0.5) is 0 Å². The minimum absolute atomic E-state index is 0. The number of rotatable bonds is 0. The van der Waals surface area contributed by atoms with E-state index in [0.717, 1.165) is 0 Å². The third-order valence-electron chi connectivity index (χ3n) is 0. The molecule has 0 fully saturated rings. The Morgan fingerprint density at radius 3 is 1.17 bits per heavy atom. The van der Waals surface area contributed by atoms with E-state index in [4.69, 9.17) is 19.2 Å². The molecular weight excluding hydrogens is 109 g/mol. The van der Waals surface area contributed by atoms with Crippen molar-refractivity contribution in [2.45, 2.75) is 0 Å². The Hall–Kier alpha value is 0.0700. The van der Waals surface area contributed by atoms with E-state index in [1.165, 1.54) is 0 Å². The largest absolute Gasteiger partial charge is 0.466 e. The van der Waals surface area contributed by atoms with Gasteiger partial charge in [0.1, 0.15) is 0 Å². The minimum Gasteiger partial charge on any atom is -0.369 e. The molecule has 0 atom stereocenters. The Kier molecular flexibility index (Phi) is 3.58. The van der Waals surface area contributed by atoms with Crippen LogP contribution in [-0.2, 0) is 4.57 Å². The Bertz CT molecular complexity index is 53.7. The van der Waals surface area contributed by atoms with Gasteiger partial charge in [-0.3, -0.25) is 0 Å². The molecule has 0 aliphatic heterocycles. The van der Waals surface area contributed by atoms with E-state index in [0.29, 0.717) is 0 Å². The van der Waals surface area contributed by atoms with Crippen LogP contribution in [0.5, 0.6) is 0 Å². The van der Waals surface area contributed by atoms with Gasteiger partial charge in [-0.05, 0) is 0 Å². The third kappa shape index (κ3) is 7830. The SMILES string of the molecule is O=P(O)(O)O.[NH4+]. The Morgan fingerprint density at radius 1 is 1.17 bits per heavy atom. The summed E-state index contributed by atoms with van der Waals surface area (Å²) in [6, 6.07) is 0. The maximum atomic E-state index is 8.88. The zero-order chi connectivity index (χ0) is 4.50. The summed E-state index contributed by atoms with van der Waals surface area (Å²) in [6.07, 6.45) is 0. The van der Waals surface area contributed by atoms with Gasteiger partial charge in [0.05, 0.1) is 0 Å². The van der Waals surface area contributed by atoms with E-state index in [1.807, 2.05) is 0 Å². The van der Waals surface area contributed by atoms with Gasteiger partial charge in [-0.1, -0.05) is 0 Å². The second-order valence-corrected chi connectivity index (χ2v) is 1.54. The number of quaternary nitrogens is 1. The lowest BCUT2D eigenvalue weighted by Gasteiger charge is -1.82. The summed E-state index contributed by atoms with van der Waals surface area (Å²) in [4.78, 5) is 21.6. The van der Waals surface area contributed by atoms with E-state index >= 15 is 0 Å². The summed E-state index contributed by atoms with van der Waals surface area (Å²) in [7, 11) is -4.64. The average Bonchev–Trinajstić information content (AvgIpc) is 0.722. The Labute approximate surface area is 34.4 Å². The van der Waals surface area contributed by atoms with Gasteiger partial charge >= 0.3 is 7.82 Å². The van der Waals surface area contributed by atoms with Crippen molar-refractivity contribution in [2.75, 3.05) is 0 Å². The smallest absolute Gasteiger partial charge is 0.369 e. The first-order valence-electron chi connectivity index (χ1n) is 0.783. The number of hydrogen-bond donors (Lipinski definition) is 4. The molecule has 0 rings (SSSR count). The van der Waals surface area contributed by atoms with Crippen molar-refractivity contribution in [1.29, 1.82) is 0 Å². The van der Waals surface area contributed by atoms with Gasteiger partial charge in [0.25, 0.3) is 0 Å². The molecule has 0 heterocycles. The highest BCUT2D eigenvalue weighted by Crippen LogP contribution is 2.25. The minimum atomic E-state index is -4.64. The van der Waals surface area contributed by atoms with Crippen molar-refractivity contribution in [3.63, 3.8) is 0 Å². The molecule has 0 amide bonds. The van der Waals surface area contributed by atoms with Gasteiger partial charge in [0.15, 0.2) is 0 Å². The molecule has 7 N–H and O–H groups in total. The summed E-state index contributed by atoms with van der Waals surface area (Å²) in [5.74, 6) is 0. The van der Waals surface area contributed by atoms with Crippen LogP contribution in [0.1, 0.15) is 0 Å². The lowest BCUT2D eigenvalue weighted by Crippen LogP contribution is -1.66. The molecule has 0 unspecified atom stereocenters. The maximum absolute atomic E-state index is 8.88. The lowest BCUT2D eigenvalue weighted by atomic mass is 14.0. The van der Waals surface area contributed by atoms with Crippen LogP contribution in [-0.4, -0.2) is 14.7 Å². The average molecular weight is 116 g/mol. The van der Waals surface area contributed by atoms with Crippen LogP contribution in [0.2, 0.25) is 0 Å². The van der Waals surface area contributed by atoms with Crippen molar-refractivity contribution in [3.05, 3.63) is 0 Å². The van der Waals surface area contributed by atoms with Crippen molar-refractivity contribution >= 4 is 7.82 Å². The van der Waals surface area contributed by atoms with Gasteiger partial charge in [-0.15, -0.1) is 0 Å². The van der Waals surface area contributed by atoms with Gasteiger partial charge in [-0.25, -0.2) is 4.57 Å². The molecule has 0 aromatic heterocycles. The molecule has 5 nitrogen and oxygen atoms in total. The van der Waals surface area contributed by atoms with E-state index < -0.39 is 7.82 Å². The van der Waals surface area contributed by atoms with Crippen molar-refractivity contribution in [1.82, 2.24) is 6.15 Å². The number of phosphoric acid groups is 1. The van der Waals surface area contributed by atoms with Crippen LogP contribution in [0.15, 0.2) is 0 Å². The summed E-state index contributed by atoms with van der Waals surface area (Å²) < 4.78 is 8.88. The van der Waals surface area contributed by atoms with E-state index in [-0.39, 0.29) is 6.15 Å². The van der Waals surface area contributed by atoms with E-state index in [1.54, 1.807) is 0 Å². The summed E-state index contributed by atoms with van der Waals surface area (Å²) in [5, 5.41) is 0. The molecule has 0 spiro atoms.